The number of nitrogens with one attached hydrogen (secondary N) is 2. The number of aliphatic hydroxyl groups is 4. The van der Waals surface area contributed by atoms with Crippen molar-refractivity contribution < 1.29 is 54.2 Å². The van der Waals surface area contributed by atoms with Crippen LogP contribution in [-0.4, -0.2) is 105 Å². The number of imide groups is 1. The average molecular weight is 656 g/mol. The summed E-state index contributed by atoms with van der Waals surface area (Å²) in [4.78, 5) is 49.1. The van der Waals surface area contributed by atoms with Crippen LogP contribution in [0.3, 0.4) is 0 Å². The lowest BCUT2D eigenvalue weighted by molar-refractivity contribution is -0.277. The molecule has 250 valence electrons. The van der Waals surface area contributed by atoms with Gasteiger partial charge >= 0.3 is 5.97 Å². The van der Waals surface area contributed by atoms with Crippen molar-refractivity contribution in [1.82, 2.24) is 10.2 Å². The third-order valence-electron chi connectivity index (χ3n) is 7.51. The number of aliphatic carboxylic acids is 1. The number of carboxylic acids is 1. The quantitative estimate of drug-likeness (QED) is 0.0827. The third-order valence-corrected chi connectivity index (χ3v) is 7.86. The zero-order valence-corrected chi connectivity index (χ0v) is 25.7. The highest BCUT2D eigenvalue weighted by Crippen LogP contribution is 2.28. The number of amides is 3. The Balaban J connectivity index is 1.35. The molecule has 2 aliphatic rings. The van der Waals surface area contributed by atoms with Crippen molar-refractivity contribution >= 4 is 41.0 Å². The number of unbranched alkanes of at least 4 members (excludes halogenated alkanes) is 6. The molecule has 3 rings (SSSR count). The summed E-state index contributed by atoms with van der Waals surface area (Å²) < 4.78 is 10.9. The Morgan fingerprint density at radius 3 is 2.18 bits per heavy atom. The van der Waals surface area contributed by atoms with E-state index in [1.807, 2.05) is 0 Å². The monoisotopic (exact) mass is 655 g/mol. The second-order valence-electron chi connectivity index (χ2n) is 11.0. The molecule has 0 radical (unpaired) electrons. The molecule has 45 heavy (non-hydrogen) atoms. The highest BCUT2D eigenvalue weighted by Gasteiger charge is 2.44. The lowest BCUT2D eigenvalue weighted by Crippen LogP contribution is -2.60. The van der Waals surface area contributed by atoms with Gasteiger partial charge < -0.3 is 45.6 Å². The fraction of sp³-hybridized carbons (Fsp3) is 0.600. The first-order valence-electron chi connectivity index (χ1n) is 15.1. The van der Waals surface area contributed by atoms with Crippen molar-refractivity contribution in [2.75, 3.05) is 25.0 Å². The SMILES string of the molecule is O=C(O)CCCCCCNC(=O)CCCCCCN1C(=O)C(Cl)=C(Nc2ccc(O[C@@H]3O[C@H](CO)[C@H](O)[C@H](O)[C@H]3O)cc2)C1=O. The molecule has 0 saturated carbocycles. The van der Waals surface area contributed by atoms with E-state index < -0.39 is 55.1 Å². The number of aliphatic hydroxyl groups excluding tert-OH is 4. The molecule has 2 heterocycles. The predicted molar refractivity (Wildman–Crippen MR) is 161 cm³/mol. The van der Waals surface area contributed by atoms with Gasteiger partial charge in [-0.15, -0.1) is 0 Å². The number of nitrogens with zero attached hydrogens (tertiary/aromatic N) is 1. The molecule has 1 fully saturated rings. The minimum atomic E-state index is -1.58. The maximum Gasteiger partial charge on any atom is 0.303 e. The molecule has 0 aromatic heterocycles. The Labute approximate surface area is 265 Å². The molecule has 14 nitrogen and oxygen atoms in total. The Hall–Kier alpha value is -3.27. The molecule has 0 unspecified atom stereocenters. The maximum absolute atomic E-state index is 12.9. The van der Waals surface area contributed by atoms with Crippen LogP contribution in [0.15, 0.2) is 35.0 Å². The number of hydrogen-bond acceptors (Lipinski definition) is 11. The first-order valence-corrected chi connectivity index (χ1v) is 15.5. The summed E-state index contributed by atoms with van der Waals surface area (Å²) in [5, 5.41) is 53.4. The van der Waals surface area contributed by atoms with E-state index in [0.29, 0.717) is 44.3 Å². The van der Waals surface area contributed by atoms with Crippen molar-refractivity contribution in [3.8, 4) is 5.75 Å². The summed E-state index contributed by atoms with van der Waals surface area (Å²) in [5.41, 5.74) is 0.353. The number of hydrogen-bond donors (Lipinski definition) is 7. The van der Waals surface area contributed by atoms with E-state index in [9.17, 15) is 39.6 Å². The zero-order valence-electron chi connectivity index (χ0n) is 24.9. The van der Waals surface area contributed by atoms with Crippen molar-refractivity contribution in [3.63, 3.8) is 0 Å². The highest BCUT2D eigenvalue weighted by atomic mass is 35.5. The van der Waals surface area contributed by atoms with Crippen LogP contribution in [0.5, 0.6) is 5.75 Å². The molecule has 2 aliphatic heterocycles. The minimum Gasteiger partial charge on any atom is -0.481 e. The van der Waals surface area contributed by atoms with E-state index in [2.05, 4.69) is 10.6 Å². The van der Waals surface area contributed by atoms with Gasteiger partial charge in [-0.25, -0.2) is 0 Å². The van der Waals surface area contributed by atoms with Gasteiger partial charge in [0.15, 0.2) is 0 Å². The lowest BCUT2D eigenvalue weighted by atomic mass is 9.99. The van der Waals surface area contributed by atoms with Gasteiger partial charge in [-0.05, 0) is 49.9 Å². The molecule has 1 aromatic rings. The number of rotatable bonds is 19. The van der Waals surface area contributed by atoms with Crippen LogP contribution in [0.2, 0.25) is 0 Å². The number of halogens is 1. The normalized spacial score (nSPS) is 23.4. The minimum absolute atomic E-state index is 0.0365. The first-order chi connectivity index (χ1) is 21.5. The number of carbonyl (C=O) groups is 4. The van der Waals surface area contributed by atoms with Crippen molar-refractivity contribution in [2.24, 2.45) is 0 Å². The standard InChI is InChI=1S/C30H42ClN3O11/c31-23-24(33-18-11-13-19(14-12-18)44-30-27(41)26(40)25(39)20(17-35)45-30)29(43)34(28(23)42)16-8-4-2-5-9-21(36)32-15-7-3-1-6-10-22(37)38/h11-14,20,25-27,30,33,35,39-41H,1-10,15-17H2,(H,32,36)(H,37,38)/t20-,25+,26+,27-,30-/m1/s1. The smallest absolute Gasteiger partial charge is 0.303 e. The largest absolute Gasteiger partial charge is 0.481 e. The number of carboxylic acid groups (broad SMARTS) is 1. The van der Waals surface area contributed by atoms with Gasteiger partial charge in [-0.3, -0.25) is 24.1 Å². The molecule has 15 heteroatoms. The fourth-order valence-corrected chi connectivity index (χ4v) is 5.13. The topological polar surface area (TPSA) is 215 Å². The Bertz CT molecular complexity index is 1190. The van der Waals surface area contributed by atoms with Crippen LogP contribution in [0.25, 0.3) is 0 Å². The second kappa shape index (κ2) is 18.0. The maximum atomic E-state index is 12.9. The van der Waals surface area contributed by atoms with Crippen LogP contribution >= 0.6 is 11.6 Å². The molecular weight excluding hydrogens is 614 g/mol. The third kappa shape index (κ3) is 10.7. The Morgan fingerprint density at radius 2 is 1.51 bits per heavy atom. The van der Waals surface area contributed by atoms with Crippen LogP contribution in [-0.2, 0) is 23.9 Å². The molecule has 0 spiro atoms. The first kappa shape index (κ1) is 36.2. The van der Waals surface area contributed by atoms with Gasteiger partial charge in [-0.2, -0.15) is 0 Å². The van der Waals surface area contributed by atoms with E-state index >= 15 is 0 Å². The van der Waals surface area contributed by atoms with E-state index in [1.54, 1.807) is 0 Å². The molecule has 1 saturated heterocycles. The van der Waals surface area contributed by atoms with Gasteiger partial charge in [0.05, 0.1) is 6.61 Å². The molecular formula is C30H42ClN3O11. The van der Waals surface area contributed by atoms with Crippen molar-refractivity contribution in [2.45, 2.75) is 94.9 Å². The van der Waals surface area contributed by atoms with E-state index in [0.717, 1.165) is 30.6 Å². The summed E-state index contributed by atoms with van der Waals surface area (Å²) in [6.45, 7) is 0.155. The van der Waals surface area contributed by atoms with E-state index in [4.69, 9.17) is 26.2 Å². The summed E-state index contributed by atoms with van der Waals surface area (Å²) in [5.74, 6) is -1.77. The van der Waals surface area contributed by atoms with Crippen molar-refractivity contribution in [1.29, 1.82) is 0 Å². The molecule has 1 aromatic carbocycles. The predicted octanol–water partition coefficient (Wildman–Crippen LogP) is 1.20. The molecule has 5 atom stereocenters. The highest BCUT2D eigenvalue weighted by molar-refractivity contribution is 6.48. The van der Waals surface area contributed by atoms with Crippen molar-refractivity contribution in [3.05, 3.63) is 35.0 Å². The molecule has 0 bridgehead atoms. The number of carbonyl (C=O) groups excluding carboxylic acids is 3. The van der Waals surface area contributed by atoms with Crippen LogP contribution < -0.4 is 15.4 Å². The Morgan fingerprint density at radius 1 is 0.867 bits per heavy atom. The van der Waals surface area contributed by atoms with Gasteiger partial charge in [0.1, 0.15) is 40.9 Å². The summed E-state index contributed by atoms with van der Waals surface area (Å²) in [6, 6.07) is 6.05. The summed E-state index contributed by atoms with van der Waals surface area (Å²) in [7, 11) is 0. The molecule has 7 N–H and O–H groups in total. The van der Waals surface area contributed by atoms with Gasteiger partial charge in [0.2, 0.25) is 12.2 Å². The zero-order chi connectivity index (χ0) is 32.9. The lowest BCUT2D eigenvalue weighted by Gasteiger charge is -2.39. The Kier molecular flexibility index (Phi) is 14.5. The van der Waals surface area contributed by atoms with Crippen LogP contribution in [0.4, 0.5) is 5.69 Å². The summed E-state index contributed by atoms with van der Waals surface area (Å²) >= 11 is 6.19. The number of anilines is 1. The van der Waals surface area contributed by atoms with Gasteiger partial charge in [0, 0.05) is 31.6 Å². The number of ether oxygens (including phenoxy) is 2. The van der Waals surface area contributed by atoms with Crippen LogP contribution in [0.1, 0.15) is 64.2 Å². The molecule has 0 aliphatic carbocycles. The van der Waals surface area contributed by atoms with Gasteiger partial charge in [-0.1, -0.05) is 37.3 Å². The summed E-state index contributed by atoms with van der Waals surface area (Å²) in [6.07, 6.45) is -0.745. The fourth-order valence-electron chi connectivity index (χ4n) is 4.90. The van der Waals surface area contributed by atoms with E-state index in [-0.39, 0.29) is 35.4 Å². The van der Waals surface area contributed by atoms with Gasteiger partial charge in [0.25, 0.3) is 11.8 Å². The average Bonchev–Trinajstić information content (AvgIpc) is 3.21. The second-order valence-corrected chi connectivity index (χ2v) is 11.4. The van der Waals surface area contributed by atoms with E-state index in [1.165, 1.54) is 24.3 Å². The molecule has 3 amide bonds. The number of benzene rings is 1. The van der Waals surface area contributed by atoms with Crippen LogP contribution in [0, 0.1) is 0 Å².